The van der Waals surface area contributed by atoms with Gasteiger partial charge in [0.15, 0.2) is 5.54 Å². The molecule has 0 aromatic heterocycles. The average molecular weight is 417 g/mol. The first kappa shape index (κ1) is 22.4. The second-order valence-corrected chi connectivity index (χ2v) is 7.65. The molecule has 3 aromatic carbocycles. The van der Waals surface area contributed by atoms with Crippen LogP contribution in [0.1, 0.15) is 43.7 Å². The van der Waals surface area contributed by atoms with E-state index >= 15 is 0 Å². The average Bonchev–Trinajstić information content (AvgIpc) is 2.83. The van der Waals surface area contributed by atoms with Crippen LogP contribution in [0.25, 0.3) is 0 Å². The van der Waals surface area contributed by atoms with Crippen molar-refractivity contribution in [3.8, 4) is 5.75 Å². The highest BCUT2D eigenvalue weighted by Gasteiger charge is 2.42. The van der Waals surface area contributed by atoms with E-state index in [2.05, 4.69) is 17.6 Å². The Kier molecular flexibility index (Phi) is 8.11. The molecule has 0 spiro atoms. The number of hydrogen-bond donors (Lipinski definition) is 2. The molecule has 4 heteroatoms. The van der Waals surface area contributed by atoms with E-state index in [1.165, 1.54) is 12.8 Å². The third-order valence-corrected chi connectivity index (χ3v) is 5.49. The Bertz CT molecular complexity index is 926. The number of amides is 1. The van der Waals surface area contributed by atoms with E-state index in [0.29, 0.717) is 6.54 Å². The standard InChI is InChI=1S/C27H32N2O2/c1-3-4-5-12-21-28-26(30)27(22-13-8-6-9-14-22,29-24-15-10-7-11-16-24)23-17-19-25(31-2)20-18-23/h6-11,13-20,29H,3-5,12,21H2,1-2H3,(H,28,30). The first-order chi connectivity index (χ1) is 15.2. The van der Waals surface area contributed by atoms with Crippen molar-refractivity contribution < 1.29 is 9.53 Å². The Morgan fingerprint density at radius 3 is 2.03 bits per heavy atom. The molecule has 1 amide bonds. The molecule has 0 aliphatic carbocycles. The predicted octanol–water partition coefficient (Wildman–Crippen LogP) is 5.75. The second kappa shape index (κ2) is 11.2. The second-order valence-electron chi connectivity index (χ2n) is 7.65. The highest BCUT2D eigenvalue weighted by molar-refractivity contribution is 5.94. The fourth-order valence-electron chi connectivity index (χ4n) is 3.78. The fourth-order valence-corrected chi connectivity index (χ4v) is 3.78. The van der Waals surface area contributed by atoms with Crippen molar-refractivity contribution in [2.75, 3.05) is 19.0 Å². The number of methoxy groups -OCH3 is 1. The molecule has 0 aliphatic heterocycles. The van der Waals surface area contributed by atoms with Crippen molar-refractivity contribution in [3.63, 3.8) is 0 Å². The molecule has 162 valence electrons. The molecule has 0 fully saturated rings. The van der Waals surface area contributed by atoms with Crippen LogP contribution in [0.2, 0.25) is 0 Å². The van der Waals surface area contributed by atoms with E-state index in [1.807, 2.05) is 84.9 Å². The number of hydrogen-bond acceptors (Lipinski definition) is 3. The summed E-state index contributed by atoms with van der Waals surface area (Å²) < 4.78 is 5.35. The van der Waals surface area contributed by atoms with Gasteiger partial charge in [0.2, 0.25) is 0 Å². The molecule has 0 heterocycles. The van der Waals surface area contributed by atoms with Crippen LogP contribution < -0.4 is 15.4 Å². The summed E-state index contributed by atoms with van der Waals surface area (Å²) in [5.41, 5.74) is 1.55. The maximum atomic E-state index is 13.9. The molecule has 0 saturated carbocycles. The van der Waals surface area contributed by atoms with Gasteiger partial charge in [0.1, 0.15) is 5.75 Å². The quantitative estimate of drug-likeness (QED) is 0.392. The number of unbranched alkanes of at least 4 members (excludes halogenated alkanes) is 3. The van der Waals surface area contributed by atoms with Crippen LogP contribution in [-0.2, 0) is 10.3 Å². The number of ether oxygens (including phenoxy) is 1. The molecular formula is C27H32N2O2. The molecule has 3 aromatic rings. The lowest BCUT2D eigenvalue weighted by atomic mass is 9.81. The van der Waals surface area contributed by atoms with Gasteiger partial charge in [0.05, 0.1) is 7.11 Å². The van der Waals surface area contributed by atoms with Crippen LogP contribution in [0.4, 0.5) is 5.69 Å². The van der Waals surface area contributed by atoms with Crippen LogP contribution in [0.3, 0.4) is 0 Å². The van der Waals surface area contributed by atoms with Crippen LogP contribution >= 0.6 is 0 Å². The molecule has 3 rings (SSSR count). The van der Waals surface area contributed by atoms with Gasteiger partial charge in [-0.2, -0.15) is 0 Å². The lowest BCUT2D eigenvalue weighted by Crippen LogP contribution is -2.51. The lowest BCUT2D eigenvalue weighted by molar-refractivity contribution is -0.124. The molecule has 0 saturated heterocycles. The number of rotatable bonds is 11. The first-order valence-electron chi connectivity index (χ1n) is 11.0. The third kappa shape index (κ3) is 5.46. The van der Waals surface area contributed by atoms with E-state index in [9.17, 15) is 4.79 Å². The zero-order valence-electron chi connectivity index (χ0n) is 18.4. The van der Waals surface area contributed by atoms with Crippen molar-refractivity contribution in [2.24, 2.45) is 0 Å². The smallest absolute Gasteiger partial charge is 0.255 e. The van der Waals surface area contributed by atoms with E-state index in [0.717, 1.165) is 35.4 Å². The number of carbonyl (C=O) groups is 1. The van der Waals surface area contributed by atoms with Crippen molar-refractivity contribution in [2.45, 2.75) is 38.1 Å². The normalized spacial score (nSPS) is 12.6. The molecule has 31 heavy (non-hydrogen) atoms. The van der Waals surface area contributed by atoms with Crippen molar-refractivity contribution in [1.29, 1.82) is 0 Å². The number of nitrogens with one attached hydrogen (secondary N) is 2. The minimum atomic E-state index is -1.07. The van der Waals surface area contributed by atoms with Gasteiger partial charge in [-0.25, -0.2) is 0 Å². The maximum Gasteiger partial charge on any atom is 0.255 e. The summed E-state index contributed by atoms with van der Waals surface area (Å²) in [5, 5.41) is 6.76. The SMILES string of the molecule is CCCCCCNC(=O)C(Nc1ccccc1)(c1ccccc1)c1ccc(OC)cc1. The summed E-state index contributed by atoms with van der Waals surface area (Å²) in [6, 6.07) is 27.5. The molecule has 0 bridgehead atoms. The molecule has 0 aliphatic rings. The highest BCUT2D eigenvalue weighted by Crippen LogP contribution is 2.35. The summed E-state index contributed by atoms with van der Waals surface area (Å²) >= 11 is 0. The number of para-hydroxylation sites is 1. The summed E-state index contributed by atoms with van der Waals surface area (Å²) in [6.45, 7) is 2.84. The van der Waals surface area contributed by atoms with E-state index < -0.39 is 5.54 Å². The number of benzene rings is 3. The van der Waals surface area contributed by atoms with E-state index in [1.54, 1.807) is 7.11 Å². The Labute approximate surface area is 185 Å². The van der Waals surface area contributed by atoms with Crippen LogP contribution in [0.15, 0.2) is 84.9 Å². The zero-order valence-corrected chi connectivity index (χ0v) is 18.4. The molecule has 1 atom stereocenters. The lowest BCUT2D eigenvalue weighted by Gasteiger charge is -2.35. The minimum Gasteiger partial charge on any atom is -0.497 e. The van der Waals surface area contributed by atoms with Crippen LogP contribution in [0.5, 0.6) is 5.75 Å². The van der Waals surface area contributed by atoms with Gasteiger partial charge in [0, 0.05) is 12.2 Å². The predicted molar refractivity (Wildman–Crippen MR) is 127 cm³/mol. The summed E-state index contributed by atoms with van der Waals surface area (Å²) in [4.78, 5) is 13.9. The topological polar surface area (TPSA) is 50.4 Å². The molecule has 4 nitrogen and oxygen atoms in total. The van der Waals surface area contributed by atoms with Gasteiger partial charge in [-0.1, -0.05) is 86.8 Å². The Morgan fingerprint density at radius 1 is 0.806 bits per heavy atom. The van der Waals surface area contributed by atoms with E-state index in [4.69, 9.17) is 4.74 Å². The van der Waals surface area contributed by atoms with Gasteiger partial charge >= 0.3 is 0 Å². The van der Waals surface area contributed by atoms with Gasteiger partial charge in [-0.15, -0.1) is 0 Å². The molecular weight excluding hydrogens is 384 g/mol. The van der Waals surface area contributed by atoms with Crippen molar-refractivity contribution >= 4 is 11.6 Å². The highest BCUT2D eigenvalue weighted by atomic mass is 16.5. The third-order valence-electron chi connectivity index (χ3n) is 5.49. The molecule has 0 radical (unpaired) electrons. The monoisotopic (exact) mass is 416 g/mol. The van der Waals surface area contributed by atoms with Crippen LogP contribution in [0, 0.1) is 0 Å². The Balaban J connectivity index is 2.04. The van der Waals surface area contributed by atoms with E-state index in [-0.39, 0.29) is 5.91 Å². The van der Waals surface area contributed by atoms with Crippen LogP contribution in [-0.4, -0.2) is 19.6 Å². The molecule has 2 N–H and O–H groups in total. The fraction of sp³-hybridized carbons (Fsp3) is 0.296. The zero-order chi connectivity index (χ0) is 21.9. The Morgan fingerprint density at radius 2 is 1.42 bits per heavy atom. The summed E-state index contributed by atoms with van der Waals surface area (Å²) in [7, 11) is 1.64. The largest absolute Gasteiger partial charge is 0.497 e. The molecule has 1 unspecified atom stereocenters. The summed E-state index contributed by atoms with van der Waals surface area (Å²) in [5.74, 6) is 0.689. The number of anilines is 1. The van der Waals surface area contributed by atoms with Gasteiger partial charge in [-0.05, 0) is 41.8 Å². The van der Waals surface area contributed by atoms with Gasteiger partial charge in [0.25, 0.3) is 5.91 Å². The van der Waals surface area contributed by atoms with Crippen molar-refractivity contribution in [3.05, 3.63) is 96.1 Å². The summed E-state index contributed by atoms with van der Waals surface area (Å²) in [6.07, 6.45) is 4.44. The number of carbonyl (C=O) groups excluding carboxylic acids is 1. The Hall–Kier alpha value is -3.27. The van der Waals surface area contributed by atoms with Gasteiger partial charge in [-0.3, -0.25) is 4.79 Å². The van der Waals surface area contributed by atoms with Crippen molar-refractivity contribution in [1.82, 2.24) is 5.32 Å². The minimum absolute atomic E-state index is 0.0655. The maximum absolute atomic E-state index is 13.9. The first-order valence-corrected chi connectivity index (χ1v) is 11.0. The van der Waals surface area contributed by atoms with Gasteiger partial charge < -0.3 is 15.4 Å².